The van der Waals surface area contributed by atoms with E-state index in [1.807, 2.05) is 0 Å². The zero-order chi connectivity index (χ0) is 15.4. The highest BCUT2D eigenvalue weighted by Gasteiger charge is 2.18. The average Bonchev–Trinajstić information content (AvgIpc) is 2.88. The van der Waals surface area contributed by atoms with Crippen LogP contribution in [0.2, 0.25) is 0 Å². The number of nitrogens with one attached hydrogen (secondary N) is 1. The van der Waals surface area contributed by atoms with Gasteiger partial charge < -0.3 is 19.2 Å². The Morgan fingerprint density at radius 3 is 2.52 bits per heavy atom. The molecule has 1 aromatic carbocycles. The Labute approximate surface area is 121 Å². The summed E-state index contributed by atoms with van der Waals surface area (Å²) in [5.74, 6) is -0.392. The first-order valence-corrected chi connectivity index (χ1v) is 6.14. The molecule has 0 saturated heterocycles. The van der Waals surface area contributed by atoms with E-state index in [1.165, 1.54) is 26.4 Å². The van der Waals surface area contributed by atoms with Crippen molar-refractivity contribution in [3.8, 4) is 5.75 Å². The van der Waals surface area contributed by atoms with Gasteiger partial charge in [0.05, 0.1) is 32.6 Å². The van der Waals surface area contributed by atoms with E-state index in [9.17, 15) is 9.59 Å². The first-order chi connectivity index (χ1) is 10.1. The predicted molar refractivity (Wildman–Crippen MR) is 77.2 cm³/mol. The zero-order valence-corrected chi connectivity index (χ0v) is 11.9. The van der Waals surface area contributed by atoms with Gasteiger partial charge in [0.2, 0.25) is 0 Å². The average molecular weight is 289 g/mol. The highest BCUT2D eigenvalue weighted by atomic mass is 16.5. The highest BCUT2D eigenvalue weighted by molar-refractivity contribution is 6.08. The minimum Gasteiger partial charge on any atom is -0.497 e. The van der Waals surface area contributed by atoms with Crippen LogP contribution in [0.1, 0.15) is 16.1 Å². The molecule has 0 bridgehead atoms. The number of hydrogen-bond acceptors (Lipinski definition) is 5. The van der Waals surface area contributed by atoms with Crippen molar-refractivity contribution in [2.45, 2.75) is 0 Å². The molecule has 0 aliphatic rings. The number of benzene rings is 1. The number of hydrogen-bond donors (Lipinski definition) is 1. The van der Waals surface area contributed by atoms with Crippen LogP contribution in [0.15, 0.2) is 24.3 Å². The summed E-state index contributed by atoms with van der Waals surface area (Å²) >= 11 is 0. The molecule has 0 saturated carbocycles. The Bertz CT molecular complexity index is 714. The number of fused-ring (bicyclic) bond motifs is 1. The van der Waals surface area contributed by atoms with Crippen LogP contribution in [0.5, 0.6) is 5.75 Å². The summed E-state index contributed by atoms with van der Waals surface area (Å²) in [4.78, 5) is 26.2. The lowest BCUT2D eigenvalue weighted by molar-refractivity contribution is -0.134. The maximum absolute atomic E-state index is 12.0. The van der Waals surface area contributed by atoms with Crippen LogP contribution < -0.4 is 4.74 Å². The molecule has 0 aliphatic heterocycles. The van der Waals surface area contributed by atoms with Crippen LogP contribution in [0.25, 0.3) is 17.0 Å². The summed E-state index contributed by atoms with van der Waals surface area (Å²) in [6, 6.07) is 5.29. The molecule has 1 N–H and O–H groups in total. The molecule has 0 amide bonds. The molecule has 0 spiro atoms. The van der Waals surface area contributed by atoms with Gasteiger partial charge in [-0.15, -0.1) is 0 Å². The number of ether oxygens (including phenoxy) is 3. The van der Waals surface area contributed by atoms with Crippen LogP contribution >= 0.6 is 0 Å². The van der Waals surface area contributed by atoms with Gasteiger partial charge >= 0.3 is 11.9 Å². The molecule has 0 radical (unpaired) electrons. The van der Waals surface area contributed by atoms with E-state index in [0.29, 0.717) is 22.4 Å². The van der Waals surface area contributed by atoms with E-state index in [2.05, 4.69) is 9.72 Å². The van der Waals surface area contributed by atoms with Crippen LogP contribution in [-0.4, -0.2) is 38.3 Å². The third-order valence-electron chi connectivity index (χ3n) is 3.01. The summed E-state index contributed by atoms with van der Waals surface area (Å²) in [5.41, 5.74) is 1.54. The van der Waals surface area contributed by atoms with Gasteiger partial charge in [0.15, 0.2) is 0 Å². The van der Waals surface area contributed by atoms with E-state index in [1.54, 1.807) is 25.3 Å². The van der Waals surface area contributed by atoms with Gasteiger partial charge in [-0.3, -0.25) is 0 Å². The van der Waals surface area contributed by atoms with E-state index >= 15 is 0 Å². The predicted octanol–water partition coefficient (Wildman–Crippen LogP) is 2.15. The molecule has 6 heteroatoms. The topological polar surface area (TPSA) is 77.6 Å². The molecule has 2 rings (SSSR count). The van der Waals surface area contributed by atoms with Crippen molar-refractivity contribution in [2.75, 3.05) is 21.3 Å². The van der Waals surface area contributed by atoms with Gasteiger partial charge in [-0.05, 0) is 24.3 Å². The molecule has 0 aliphatic carbocycles. The fraction of sp³-hybridized carbons (Fsp3) is 0.200. The minimum atomic E-state index is -0.512. The fourth-order valence-corrected chi connectivity index (χ4v) is 1.99. The number of rotatable bonds is 4. The molecule has 0 fully saturated rings. The van der Waals surface area contributed by atoms with Crippen molar-refractivity contribution in [3.63, 3.8) is 0 Å². The number of aromatic amines is 1. The number of methoxy groups -OCH3 is 3. The number of esters is 2. The second kappa shape index (κ2) is 6.13. The molecule has 1 aromatic heterocycles. The second-order valence-corrected chi connectivity index (χ2v) is 4.17. The third kappa shape index (κ3) is 2.89. The van der Waals surface area contributed by atoms with E-state index in [4.69, 9.17) is 9.47 Å². The lowest BCUT2D eigenvalue weighted by Crippen LogP contribution is -2.02. The Morgan fingerprint density at radius 2 is 1.90 bits per heavy atom. The Hall–Kier alpha value is -2.76. The SMILES string of the molecule is COC(=O)/C=C/c1[nH]c2ccc(OC)cc2c1C(=O)OC. The quantitative estimate of drug-likeness (QED) is 0.689. The Balaban J connectivity index is 2.61. The van der Waals surface area contributed by atoms with Crippen molar-refractivity contribution in [3.05, 3.63) is 35.5 Å². The second-order valence-electron chi connectivity index (χ2n) is 4.17. The van der Waals surface area contributed by atoms with Gasteiger partial charge in [-0.2, -0.15) is 0 Å². The van der Waals surface area contributed by atoms with E-state index in [0.717, 1.165) is 5.52 Å². The number of H-pyrrole nitrogens is 1. The van der Waals surface area contributed by atoms with Crippen molar-refractivity contribution in [1.29, 1.82) is 0 Å². The van der Waals surface area contributed by atoms with Crippen LogP contribution in [-0.2, 0) is 14.3 Å². The summed E-state index contributed by atoms with van der Waals surface area (Å²) in [6.07, 6.45) is 2.71. The largest absolute Gasteiger partial charge is 0.497 e. The molecular formula is C15H15NO5. The number of aromatic nitrogens is 1. The van der Waals surface area contributed by atoms with Crippen molar-refractivity contribution in [1.82, 2.24) is 4.98 Å². The molecule has 0 unspecified atom stereocenters. The first-order valence-electron chi connectivity index (χ1n) is 6.14. The van der Waals surface area contributed by atoms with Crippen molar-refractivity contribution >= 4 is 28.9 Å². The summed E-state index contributed by atoms with van der Waals surface area (Å²) in [5, 5.41) is 0.658. The fourth-order valence-electron chi connectivity index (χ4n) is 1.99. The van der Waals surface area contributed by atoms with Crippen molar-refractivity contribution < 1.29 is 23.8 Å². The summed E-state index contributed by atoms with van der Waals surface area (Å²) < 4.78 is 14.5. The summed E-state index contributed by atoms with van der Waals surface area (Å²) in [7, 11) is 4.13. The standard InChI is InChI=1S/C15H15NO5/c1-19-9-4-5-11-10(8-9)14(15(18)21-3)12(16-11)6-7-13(17)20-2/h4-8,16H,1-3H3/b7-6+. The Kier molecular flexibility index (Phi) is 4.27. The highest BCUT2D eigenvalue weighted by Crippen LogP contribution is 2.28. The molecule has 0 atom stereocenters. The van der Waals surface area contributed by atoms with Gasteiger partial charge in [0, 0.05) is 17.0 Å². The normalized spacial score (nSPS) is 10.8. The first kappa shape index (κ1) is 14.6. The van der Waals surface area contributed by atoms with Crippen LogP contribution in [0.4, 0.5) is 0 Å². The maximum Gasteiger partial charge on any atom is 0.340 e. The van der Waals surface area contributed by atoms with Gasteiger partial charge in [0.1, 0.15) is 5.75 Å². The van der Waals surface area contributed by atoms with Gasteiger partial charge in [-0.1, -0.05) is 0 Å². The molecule has 6 nitrogen and oxygen atoms in total. The number of carbonyl (C=O) groups excluding carboxylic acids is 2. The lowest BCUT2D eigenvalue weighted by Gasteiger charge is -2.01. The monoisotopic (exact) mass is 289 g/mol. The lowest BCUT2D eigenvalue weighted by atomic mass is 10.1. The van der Waals surface area contributed by atoms with Crippen LogP contribution in [0, 0.1) is 0 Å². The molecule has 2 aromatic rings. The van der Waals surface area contributed by atoms with Crippen molar-refractivity contribution in [2.24, 2.45) is 0 Å². The molecule has 1 heterocycles. The zero-order valence-electron chi connectivity index (χ0n) is 11.9. The molecular weight excluding hydrogens is 274 g/mol. The van der Waals surface area contributed by atoms with Gasteiger partial charge in [0.25, 0.3) is 0 Å². The minimum absolute atomic E-state index is 0.339. The van der Waals surface area contributed by atoms with Gasteiger partial charge in [-0.25, -0.2) is 9.59 Å². The number of carbonyl (C=O) groups is 2. The molecule has 110 valence electrons. The van der Waals surface area contributed by atoms with E-state index in [-0.39, 0.29) is 0 Å². The Morgan fingerprint density at radius 1 is 1.14 bits per heavy atom. The maximum atomic E-state index is 12.0. The third-order valence-corrected chi connectivity index (χ3v) is 3.01. The van der Waals surface area contributed by atoms with E-state index < -0.39 is 11.9 Å². The summed E-state index contributed by atoms with van der Waals surface area (Å²) in [6.45, 7) is 0. The molecule has 21 heavy (non-hydrogen) atoms. The van der Waals surface area contributed by atoms with Crippen LogP contribution in [0.3, 0.4) is 0 Å². The smallest absolute Gasteiger partial charge is 0.340 e.